The maximum Gasteiger partial charge on any atom is 1.00 e. The largest absolute Gasteiger partial charge is 1.00 e. The number of hydrogen-bond acceptors (Lipinski definition) is 7. The average Bonchev–Trinajstić information content (AvgIpc) is 3.44. The number of halogens is 2. The van der Waals surface area contributed by atoms with E-state index in [4.69, 9.17) is 19.7 Å². The second kappa shape index (κ2) is 17.1. The number of methoxy groups -OCH3 is 1. The number of carbonyl (C=O) groups excluding carboxylic acids is 1. The molecular formula is C30H35F2KN6O4. The molecule has 224 valence electrons. The SMILES string of the molecule is CN=C(/C=C\c1cc(OC)ccc1-c1nc(C[N-]OCC2CCN(C(=O)c3ccccc3)CC2)c([C@H](C)N)o1)N(F)F.[K+]. The summed E-state index contributed by atoms with van der Waals surface area (Å²) in [7, 11) is 2.79. The summed E-state index contributed by atoms with van der Waals surface area (Å²) in [5.74, 6) is 1.05. The van der Waals surface area contributed by atoms with Gasteiger partial charge in [0.2, 0.25) is 5.89 Å². The molecule has 2 N–H and O–H groups in total. The summed E-state index contributed by atoms with van der Waals surface area (Å²) in [5.41, 5.74) is 12.7. The Morgan fingerprint density at radius 2 is 1.98 bits per heavy atom. The Bertz CT molecular complexity index is 1390. The third-order valence-electron chi connectivity index (χ3n) is 6.98. The number of nitrogens with two attached hydrogens (primary N) is 1. The molecule has 0 spiro atoms. The summed E-state index contributed by atoms with van der Waals surface area (Å²) < 4.78 is 37.4. The molecule has 0 saturated carbocycles. The van der Waals surface area contributed by atoms with Crippen LogP contribution in [0.3, 0.4) is 0 Å². The number of amidine groups is 1. The van der Waals surface area contributed by atoms with E-state index in [0.717, 1.165) is 12.8 Å². The third-order valence-corrected chi connectivity index (χ3v) is 6.98. The Labute approximate surface area is 292 Å². The smallest absolute Gasteiger partial charge is 0.529 e. The van der Waals surface area contributed by atoms with Gasteiger partial charge in [-0.1, -0.05) is 39.8 Å². The molecule has 3 aromatic rings. The second-order valence-corrected chi connectivity index (χ2v) is 9.90. The average molecular weight is 621 g/mol. The van der Waals surface area contributed by atoms with Gasteiger partial charge in [0, 0.05) is 37.9 Å². The van der Waals surface area contributed by atoms with Gasteiger partial charge in [-0.05, 0) is 73.0 Å². The Hall–Kier alpha value is -2.49. The third kappa shape index (κ3) is 9.49. The molecule has 2 aromatic carbocycles. The zero-order valence-corrected chi connectivity index (χ0v) is 28.0. The van der Waals surface area contributed by atoms with Crippen molar-refractivity contribution >= 4 is 17.8 Å². The molecule has 1 aliphatic heterocycles. The monoisotopic (exact) mass is 620 g/mol. The Morgan fingerprint density at radius 1 is 1.26 bits per heavy atom. The molecule has 0 bridgehead atoms. The number of aromatic nitrogens is 1. The standard InChI is InChI=1S/C30H35F2N6O4.K/c1-20(33)28-26(18-35-41-19-21-13-15-37(16-14-21)30(39)22-7-5-4-6-8-22)36-29(42-28)25-11-10-24(40-3)17-23(25)9-12-27(34-2)38(31)32;/h4-12,17,20-21H,13-16,18-19,33H2,1-3H3;/q-1;+1/b12-9-,34-27?;/t20-;/m0./s1. The number of hydrogen-bond donors (Lipinski definition) is 1. The zero-order chi connectivity index (χ0) is 30.1. The van der Waals surface area contributed by atoms with Crippen LogP contribution in [0.4, 0.5) is 8.96 Å². The van der Waals surface area contributed by atoms with E-state index in [0.29, 0.717) is 53.6 Å². The van der Waals surface area contributed by atoms with Crippen LogP contribution in [0.2, 0.25) is 0 Å². The van der Waals surface area contributed by atoms with Crippen LogP contribution in [-0.4, -0.2) is 60.8 Å². The van der Waals surface area contributed by atoms with Crippen molar-refractivity contribution in [1.29, 1.82) is 0 Å². The number of aliphatic imine (C=N–C) groups is 1. The number of piperidine rings is 1. The topological polar surface area (TPSA) is 121 Å². The first kappa shape index (κ1) is 35.0. The van der Waals surface area contributed by atoms with Crippen molar-refractivity contribution in [2.45, 2.75) is 32.4 Å². The molecule has 0 aliphatic carbocycles. The first-order valence-corrected chi connectivity index (χ1v) is 13.6. The number of hydroxylamine groups is 1. The molecule has 1 saturated heterocycles. The van der Waals surface area contributed by atoms with Crippen LogP contribution in [0.1, 0.15) is 53.2 Å². The van der Waals surface area contributed by atoms with Crippen LogP contribution in [0.15, 0.2) is 64.0 Å². The molecule has 10 nitrogen and oxygen atoms in total. The van der Waals surface area contributed by atoms with Gasteiger partial charge in [0.05, 0.1) is 18.8 Å². The fourth-order valence-electron chi connectivity index (χ4n) is 4.65. The van der Waals surface area contributed by atoms with Crippen molar-refractivity contribution in [3.05, 3.63) is 82.7 Å². The summed E-state index contributed by atoms with van der Waals surface area (Å²) in [6.07, 6.45) is 4.32. The van der Waals surface area contributed by atoms with Crippen molar-refractivity contribution in [1.82, 2.24) is 15.2 Å². The molecule has 1 aliphatic rings. The Kier molecular flexibility index (Phi) is 13.9. The summed E-state index contributed by atoms with van der Waals surface area (Å²) >= 11 is 0. The molecule has 1 atom stereocenters. The first-order valence-electron chi connectivity index (χ1n) is 13.6. The minimum Gasteiger partial charge on any atom is -0.529 e. The van der Waals surface area contributed by atoms with Crippen LogP contribution >= 0.6 is 0 Å². The van der Waals surface area contributed by atoms with Crippen molar-refractivity contribution in [2.75, 3.05) is 33.9 Å². The van der Waals surface area contributed by atoms with Crippen LogP contribution in [0.25, 0.3) is 23.0 Å². The fourth-order valence-corrected chi connectivity index (χ4v) is 4.65. The predicted molar refractivity (Wildman–Crippen MR) is 156 cm³/mol. The van der Waals surface area contributed by atoms with Gasteiger partial charge < -0.3 is 30.1 Å². The summed E-state index contributed by atoms with van der Waals surface area (Å²) in [4.78, 5) is 28.4. The number of rotatable bonds is 11. The van der Waals surface area contributed by atoms with E-state index in [1.165, 1.54) is 26.3 Å². The van der Waals surface area contributed by atoms with E-state index >= 15 is 0 Å². The van der Waals surface area contributed by atoms with Crippen LogP contribution in [-0.2, 0) is 11.4 Å². The van der Waals surface area contributed by atoms with Crippen molar-refractivity contribution < 1.29 is 79.1 Å². The van der Waals surface area contributed by atoms with Gasteiger partial charge in [0.15, 0.2) is 5.84 Å². The summed E-state index contributed by atoms with van der Waals surface area (Å²) in [6.45, 7) is 3.66. The maximum absolute atomic E-state index is 13.0. The number of likely N-dealkylation sites (tertiary alicyclic amines) is 1. The van der Waals surface area contributed by atoms with E-state index in [1.807, 2.05) is 35.2 Å². The zero-order valence-electron chi connectivity index (χ0n) is 24.9. The van der Waals surface area contributed by atoms with Crippen molar-refractivity contribution in [2.24, 2.45) is 16.6 Å². The molecule has 0 radical (unpaired) electrons. The Balaban J connectivity index is 0.00000506. The van der Waals surface area contributed by atoms with Crippen molar-refractivity contribution in [3.63, 3.8) is 0 Å². The van der Waals surface area contributed by atoms with E-state index in [-0.39, 0.29) is 75.6 Å². The fraction of sp³-hybridized carbons (Fsp3) is 0.367. The van der Waals surface area contributed by atoms with Crippen LogP contribution in [0, 0.1) is 5.92 Å². The normalized spacial score (nSPS) is 14.9. The van der Waals surface area contributed by atoms with Gasteiger partial charge in [-0.3, -0.25) is 9.79 Å². The van der Waals surface area contributed by atoms with E-state index < -0.39 is 17.2 Å². The minimum absolute atomic E-state index is 0. The van der Waals surface area contributed by atoms with Crippen molar-refractivity contribution in [3.8, 4) is 17.2 Å². The van der Waals surface area contributed by atoms with E-state index in [1.54, 1.807) is 25.1 Å². The molecule has 4 rings (SSSR count). The van der Waals surface area contributed by atoms with E-state index in [9.17, 15) is 13.8 Å². The number of ether oxygens (including phenoxy) is 1. The summed E-state index contributed by atoms with van der Waals surface area (Å²) in [6, 6.07) is 14.0. The number of amides is 1. The molecular weight excluding hydrogens is 585 g/mol. The molecule has 43 heavy (non-hydrogen) atoms. The second-order valence-electron chi connectivity index (χ2n) is 9.90. The molecule has 13 heteroatoms. The van der Waals surface area contributed by atoms with Gasteiger partial charge in [0.1, 0.15) is 11.5 Å². The molecule has 2 heterocycles. The molecule has 1 aromatic heterocycles. The number of oxazole rings is 1. The van der Waals surface area contributed by atoms with E-state index in [2.05, 4.69) is 15.5 Å². The number of carbonyl (C=O) groups is 1. The van der Waals surface area contributed by atoms with Gasteiger partial charge >= 0.3 is 51.4 Å². The quantitative estimate of drug-likeness (QED) is 0.0874. The summed E-state index contributed by atoms with van der Waals surface area (Å²) in [5, 5.41) is -1.07. The molecule has 0 unspecified atom stereocenters. The van der Waals surface area contributed by atoms with Gasteiger partial charge in [-0.25, -0.2) is 4.98 Å². The first-order chi connectivity index (χ1) is 20.3. The van der Waals surface area contributed by atoms with Gasteiger partial charge in [-0.15, -0.1) is 0 Å². The van der Waals surface area contributed by atoms with Gasteiger partial charge in [-0.2, -0.15) is 0 Å². The Morgan fingerprint density at radius 3 is 2.60 bits per heavy atom. The van der Waals surface area contributed by atoms with Crippen LogP contribution in [0.5, 0.6) is 5.75 Å². The predicted octanol–water partition coefficient (Wildman–Crippen LogP) is 2.84. The van der Waals surface area contributed by atoms with Gasteiger partial charge in [0.25, 0.3) is 5.91 Å². The maximum atomic E-state index is 13.0. The minimum atomic E-state index is -1.07. The molecule has 1 amide bonds. The molecule has 1 fully saturated rings. The number of benzene rings is 2. The van der Waals surface area contributed by atoms with Crippen LogP contribution < -0.4 is 61.9 Å². The number of nitrogens with zero attached hydrogens (tertiary/aromatic N) is 5.